The van der Waals surface area contributed by atoms with E-state index >= 15 is 0 Å². The molecule has 1 aliphatic rings. The van der Waals surface area contributed by atoms with Crippen LogP contribution in [0, 0.1) is 5.92 Å². The number of carbonyl (C=O) groups is 2. The average Bonchev–Trinajstić information content (AvgIpc) is 2.78. The van der Waals surface area contributed by atoms with E-state index in [1.807, 2.05) is 0 Å². The molecule has 2 amide bonds. The summed E-state index contributed by atoms with van der Waals surface area (Å²) in [5, 5.41) is 20.9. The van der Waals surface area contributed by atoms with Crippen molar-refractivity contribution >= 4 is 12.0 Å². The van der Waals surface area contributed by atoms with Gasteiger partial charge in [0.25, 0.3) is 0 Å². The summed E-state index contributed by atoms with van der Waals surface area (Å²) < 4.78 is 0. The second-order valence-electron chi connectivity index (χ2n) is 5.63. The van der Waals surface area contributed by atoms with Gasteiger partial charge in [-0.3, -0.25) is 0 Å². The van der Waals surface area contributed by atoms with Gasteiger partial charge in [0.05, 0.1) is 5.56 Å². The van der Waals surface area contributed by atoms with Gasteiger partial charge in [-0.1, -0.05) is 12.1 Å². The smallest absolute Gasteiger partial charge is 0.335 e. The van der Waals surface area contributed by atoms with Gasteiger partial charge in [0.2, 0.25) is 0 Å². The number of hydrogen-bond donors (Lipinski definition) is 3. The standard InChI is InChI=1S/C16H22N2O4/c19-11-13-2-1-8-18(9-7-13)16(22)17-10-12-3-5-14(6-4-12)15(20)21/h3-6,13,19H,1-2,7-11H2,(H,17,22)(H,20,21). The van der Waals surface area contributed by atoms with Crippen LogP contribution in [0.3, 0.4) is 0 Å². The van der Waals surface area contributed by atoms with Gasteiger partial charge in [-0.05, 0) is 42.9 Å². The molecule has 1 fully saturated rings. The number of carboxylic acid groups (broad SMARTS) is 1. The fourth-order valence-corrected chi connectivity index (χ4v) is 2.61. The molecular formula is C16H22N2O4. The van der Waals surface area contributed by atoms with Gasteiger partial charge in [0.1, 0.15) is 0 Å². The lowest BCUT2D eigenvalue weighted by molar-refractivity contribution is 0.0697. The van der Waals surface area contributed by atoms with Gasteiger partial charge in [-0.25, -0.2) is 9.59 Å². The van der Waals surface area contributed by atoms with Crippen molar-refractivity contribution in [3.05, 3.63) is 35.4 Å². The second kappa shape index (κ2) is 7.79. The van der Waals surface area contributed by atoms with Crippen molar-refractivity contribution in [3.63, 3.8) is 0 Å². The van der Waals surface area contributed by atoms with Crippen molar-refractivity contribution in [2.45, 2.75) is 25.8 Å². The first-order valence-electron chi connectivity index (χ1n) is 7.56. The monoisotopic (exact) mass is 306 g/mol. The van der Waals surface area contributed by atoms with Crippen LogP contribution in [-0.4, -0.2) is 46.8 Å². The van der Waals surface area contributed by atoms with Crippen LogP contribution in [0.1, 0.15) is 35.2 Å². The number of aromatic carboxylic acids is 1. The summed E-state index contributed by atoms with van der Waals surface area (Å²) in [6.07, 6.45) is 2.69. The number of benzene rings is 1. The Balaban J connectivity index is 1.83. The largest absolute Gasteiger partial charge is 0.478 e. The summed E-state index contributed by atoms with van der Waals surface area (Å²) in [6, 6.07) is 6.35. The first kappa shape index (κ1) is 16.3. The van der Waals surface area contributed by atoms with E-state index in [2.05, 4.69) is 5.32 Å². The van der Waals surface area contributed by atoms with Crippen LogP contribution in [0.4, 0.5) is 4.79 Å². The van der Waals surface area contributed by atoms with Crippen LogP contribution in [0.2, 0.25) is 0 Å². The number of nitrogens with one attached hydrogen (secondary N) is 1. The van der Waals surface area contributed by atoms with Crippen molar-refractivity contribution in [1.29, 1.82) is 0 Å². The maximum Gasteiger partial charge on any atom is 0.335 e. The average molecular weight is 306 g/mol. The number of urea groups is 1. The lowest BCUT2D eigenvalue weighted by Crippen LogP contribution is -2.40. The molecule has 1 aromatic rings. The molecule has 1 heterocycles. The molecule has 0 saturated carbocycles. The summed E-state index contributed by atoms with van der Waals surface area (Å²) in [7, 11) is 0. The van der Waals surface area contributed by atoms with E-state index in [0.29, 0.717) is 25.6 Å². The minimum Gasteiger partial charge on any atom is -0.478 e. The quantitative estimate of drug-likeness (QED) is 0.789. The molecule has 22 heavy (non-hydrogen) atoms. The maximum absolute atomic E-state index is 12.2. The number of rotatable bonds is 4. The van der Waals surface area contributed by atoms with Gasteiger partial charge >= 0.3 is 12.0 Å². The SMILES string of the molecule is O=C(O)c1ccc(CNC(=O)N2CCCC(CO)CC2)cc1. The number of likely N-dealkylation sites (tertiary alicyclic amines) is 1. The molecule has 0 spiro atoms. The van der Waals surface area contributed by atoms with Crippen LogP contribution in [-0.2, 0) is 6.54 Å². The summed E-state index contributed by atoms with van der Waals surface area (Å²) in [5.41, 5.74) is 1.10. The number of amides is 2. The highest BCUT2D eigenvalue weighted by Crippen LogP contribution is 2.16. The highest BCUT2D eigenvalue weighted by molar-refractivity contribution is 5.87. The number of carboxylic acids is 1. The fourth-order valence-electron chi connectivity index (χ4n) is 2.61. The molecule has 1 atom stereocenters. The van der Waals surface area contributed by atoms with Crippen LogP contribution >= 0.6 is 0 Å². The zero-order valence-corrected chi connectivity index (χ0v) is 12.5. The Hall–Kier alpha value is -2.08. The molecule has 6 heteroatoms. The minimum absolute atomic E-state index is 0.110. The molecule has 1 saturated heterocycles. The van der Waals surface area contributed by atoms with Gasteiger partial charge < -0.3 is 20.4 Å². The number of aliphatic hydroxyl groups is 1. The van der Waals surface area contributed by atoms with E-state index in [-0.39, 0.29) is 18.2 Å². The molecule has 0 bridgehead atoms. The lowest BCUT2D eigenvalue weighted by atomic mass is 10.0. The Kier molecular flexibility index (Phi) is 5.77. The van der Waals surface area contributed by atoms with Crippen LogP contribution in [0.25, 0.3) is 0 Å². The molecule has 1 aromatic carbocycles. The molecule has 0 aromatic heterocycles. The Morgan fingerprint density at radius 2 is 1.91 bits per heavy atom. The Morgan fingerprint density at radius 1 is 1.18 bits per heavy atom. The van der Waals surface area contributed by atoms with E-state index in [9.17, 15) is 14.7 Å². The Morgan fingerprint density at radius 3 is 2.55 bits per heavy atom. The summed E-state index contributed by atoms with van der Waals surface area (Å²) in [6.45, 7) is 1.93. The van der Waals surface area contributed by atoms with Gasteiger partial charge in [0.15, 0.2) is 0 Å². The van der Waals surface area contributed by atoms with Crippen LogP contribution in [0.5, 0.6) is 0 Å². The highest BCUT2D eigenvalue weighted by Gasteiger charge is 2.19. The van der Waals surface area contributed by atoms with Crippen molar-refractivity contribution in [1.82, 2.24) is 10.2 Å². The molecule has 3 N–H and O–H groups in total. The van der Waals surface area contributed by atoms with Gasteiger partial charge in [-0.2, -0.15) is 0 Å². The molecule has 6 nitrogen and oxygen atoms in total. The molecule has 1 unspecified atom stereocenters. The third-order valence-electron chi connectivity index (χ3n) is 4.04. The normalized spacial score (nSPS) is 18.6. The number of aliphatic hydroxyl groups excluding tert-OH is 1. The summed E-state index contributed by atoms with van der Waals surface area (Å²) in [4.78, 5) is 24.7. The highest BCUT2D eigenvalue weighted by atomic mass is 16.4. The van der Waals surface area contributed by atoms with Crippen LogP contribution < -0.4 is 5.32 Å². The minimum atomic E-state index is -0.960. The van der Waals surface area contributed by atoms with Crippen molar-refractivity contribution in [3.8, 4) is 0 Å². The van der Waals surface area contributed by atoms with E-state index < -0.39 is 5.97 Å². The lowest BCUT2D eigenvalue weighted by Gasteiger charge is -2.21. The van der Waals surface area contributed by atoms with E-state index in [4.69, 9.17) is 5.11 Å². The number of nitrogens with zero attached hydrogens (tertiary/aromatic N) is 1. The third kappa shape index (κ3) is 4.46. The van der Waals surface area contributed by atoms with E-state index in [0.717, 1.165) is 24.8 Å². The first-order valence-corrected chi connectivity index (χ1v) is 7.56. The second-order valence-corrected chi connectivity index (χ2v) is 5.63. The zero-order chi connectivity index (χ0) is 15.9. The molecule has 0 aliphatic carbocycles. The Bertz CT molecular complexity index is 515. The predicted molar refractivity (Wildman–Crippen MR) is 81.6 cm³/mol. The summed E-state index contributed by atoms with van der Waals surface area (Å²) >= 11 is 0. The fraction of sp³-hybridized carbons (Fsp3) is 0.500. The van der Waals surface area contributed by atoms with Gasteiger partial charge in [0, 0.05) is 26.2 Å². The van der Waals surface area contributed by atoms with E-state index in [1.54, 1.807) is 17.0 Å². The summed E-state index contributed by atoms with van der Waals surface area (Å²) in [5.74, 6) is -0.667. The molecular weight excluding hydrogens is 284 g/mol. The molecule has 120 valence electrons. The molecule has 2 rings (SSSR count). The zero-order valence-electron chi connectivity index (χ0n) is 12.5. The number of hydrogen-bond acceptors (Lipinski definition) is 3. The Labute approximate surface area is 129 Å². The molecule has 1 aliphatic heterocycles. The van der Waals surface area contributed by atoms with Crippen molar-refractivity contribution < 1.29 is 19.8 Å². The van der Waals surface area contributed by atoms with Crippen molar-refractivity contribution in [2.75, 3.05) is 19.7 Å². The van der Waals surface area contributed by atoms with E-state index in [1.165, 1.54) is 12.1 Å². The predicted octanol–water partition coefficient (Wildman–Crippen LogP) is 1.69. The van der Waals surface area contributed by atoms with Gasteiger partial charge in [-0.15, -0.1) is 0 Å². The number of carbonyl (C=O) groups excluding carboxylic acids is 1. The first-order chi connectivity index (χ1) is 10.6. The molecule has 0 radical (unpaired) electrons. The van der Waals surface area contributed by atoms with Crippen LogP contribution in [0.15, 0.2) is 24.3 Å². The maximum atomic E-state index is 12.2. The third-order valence-corrected chi connectivity index (χ3v) is 4.04. The topological polar surface area (TPSA) is 89.9 Å². The van der Waals surface area contributed by atoms with Crippen molar-refractivity contribution in [2.24, 2.45) is 5.92 Å².